The van der Waals surface area contributed by atoms with Gasteiger partial charge < -0.3 is 10.0 Å². The van der Waals surface area contributed by atoms with E-state index in [9.17, 15) is 22.8 Å². The number of aliphatic carboxylic acids is 1. The average Bonchev–Trinajstić information content (AvgIpc) is 3.13. The Hall–Kier alpha value is -1.76. The summed E-state index contributed by atoms with van der Waals surface area (Å²) in [5.74, 6) is -2.12. The SMILES string of the molecule is Cl.O=C(O)C1CCN(C(=O)C2CC2c2cccc(C(F)(F)F)c2)C1. The number of rotatable bonds is 3. The number of likely N-dealkylation sites (tertiary alicyclic amines) is 1. The monoisotopic (exact) mass is 363 g/mol. The summed E-state index contributed by atoms with van der Waals surface area (Å²) in [5.41, 5.74) is -0.188. The molecule has 1 aliphatic carbocycles. The van der Waals surface area contributed by atoms with Gasteiger partial charge in [-0.3, -0.25) is 9.59 Å². The lowest BCUT2D eigenvalue weighted by atomic mass is 10.1. The quantitative estimate of drug-likeness (QED) is 0.897. The number of carboxylic acid groups (broad SMARTS) is 1. The molecule has 8 heteroatoms. The van der Waals surface area contributed by atoms with Gasteiger partial charge in [-0.25, -0.2) is 0 Å². The van der Waals surface area contributed by atoms with Gasteiger partial charge in [0.15, 0.2) is 0 Å². The molecule has 2 fully saturated rings. The van der Waals surface area contributed by atoms with Crippen LogP contribution in [0.2, 0.25) is 0 Å². The van der Waals surface area contributed by atoms with Crippen LogP contribution in [0.15, 0.2) is 24.3 Å². The molecule has 0 aromatic heterocycles. The minimum Gasteiger partial charge on any atom is -0.481 e. The standard InChI is InChI=1S/C16H16F3NO3.ClH/c17-16(18,19)11-3-1-2-9(6-11)12-7-13(12)14(21)20-5-4-10(8-20)15(22)23;/h1-3,6,10,12-13H,4-5,7-8H2,(H,22,23);1H. The highest BCUT2D eigenvalue weighted by Crippen LogP contribution is 2.49. The van der Waals surface area contributed by atoms with Crippen molar-refractivity contribution in [1.82, 2.24) is 4.90 Å². The maximum Gasteiger partial charge on any atom is 0.416 e. The van der Waals surface area contributed by atoms with Crippen LogP contribution in [0.1, 0.15) is 29.9 Å². The van der Waals surface area contributed by atoms with Crippen LogP contribution in [0.25, 0.3) is 0 Å². The molecule has 1 aromatic carbocycles. The molecule has 0 spiro atoms. The first kappa shape index (κ1) is 18.6. The third-order valence-electron chi connectivity index (χ3n) is 4.60. The molecule has 1 saturated heterocycles. The summed E-state index contributed by atoms with van der Waals surface area (Å²) in [6, 6.07) is 5.08. The van der Waals surface area contributed by atoms with Crippen LogP contribution in [0.5, 0.6) is 0 Å². The number of hydrogen-bond acceptors (Lipinski definition) is 2. The molecule has 24 heavy (non-hydrogen) atoms. The summed E-state index contributed by atoms with van der Waals surface area (Å²) in [6.45, 7) is 0.599. The molecule has 1 saturated carbocycles. The first-order valence-corrected chi connectivity index (χ1v) is 7.46. The molecule has 4 nitrogen and oxygen atoms in total. The summed E-state index contributed by atoms with van der Waals surface area (Å²) in [5, 5.41) is 8.96. The molecule has 132 valence electrons. The fourth-order valence-corrected chi connectivity index (χ4v) is 3.18. The second-order valence-corrected chi connectivity index (χ2v) is 6.18. The number of alkyl halides is 3. The highest BCUT2D eigenvalue weighted by molar-refractivity contribution is 5.85. The summed E-state index contributed by atoms with van der Waals surface area (Å²) in [6.07, 6.45) is -3.44. The highest BCUT2D eigenvalue weighted by atomic mass is 35.5. The molecular formula is C16H17ClF3NO3. The Balaban J connectivity index is 0.00000208. The van der Waals surface area contributed by atoms with Crippen LogP contribution in [0.3, 0.4) is 0 Å². The summed E-state index contributed by atoms with van der Waals surface area (Å²) in [7, 11) is 0. The van der Waals surface area contributed by atoms with E-state index in [4.69, 9.17) is 5.11 Å². The molecule has 1 amide bonds. The fraction of sp³-hybridized carbons (Fsp3) is 0.500. The summed E-state index contributed by atoms with van der Waals surface area (Å²) < 4.78 is 38.2. The molecule has 1 aromatic rings. The minimum atomic E-state index is -4.39. The van der Waals surface area contributed by atoms with Crippen LogP contribution in [-0.4, -0.2) is 35.0 Å². The number of amides is 1. The largest absolute Gasteiger partial charge is 0.481 e. The Kier molecular flexibility index (Phi) is 5.13. The maximum absolute atomic E-state index is 12.7. The lowest BCUT2D eigenvalue weighted by Crippen LogP contribution is -2.31. The Morgan fingerprint density at radius 2 is 1.96 bits per heavy atom. The predicted molar refractivity (Wildman–Crippen MR) is 81.9 cm³/mol. The number of nitrogens with zero attached hydrogens (tertiary/aromatic N) is 1. The van der Waals surface area contributed by atoms with Crippen LogP contribution in [-0.2, 0) is 15.8 Å². The van der Waals surface area contributed by atoms with E-state index in [-0.39, 0.29) is 36.7 Å². The van der Waals surface area contributed by atoms with E-state index >= 15 is 0 Å². The Morgan fingerprint density at radius 1 is 1.25 bits per heavy atom. The number of carbonyl (C=O) groups is 2. The van der Waals surface area contributed by atoms with E-state index in [1.807, 2.05) is 0 Å². The smallest absolute Gasteiger partial charge is 0.416 e. The zero-order chi connectivity index (χ0) is 16.8. The minimum absolute atomic E-state index is 0. The fourth-order valence-electron chi connectivity index (χ4n) is 3.18. The van der Waals surface area contributed by atoms with Gasteiger partial charge in [-0.15, -0.1) is 12.4 Å². The van der Waals surface area contributed by atoms with E-state index in [0.717, 1.165) is 12.1 Å². The van der Waals surface area contributed by atoms with Gasteiger partial charge in [0.1, 0.15) is 0 Å². The highest BCUT2D eigenvalue weighted by Gasteiger charge is 2.47. The topological polar surface area (TPSA) is 57.6 Å². The van der Waals surface area contributed by atoms with Crippen molar-refractivity contribution in [3.63, 3.8) is 0 Å². The lowest BCUT2D eigenvalue weighted by Gasteiger charge is -2.16. The van der Waals surface area contributed by atoms with Crippen LogP contribution >= 0.6 is 12.4 Å². The zero-order valence-corrected chi connectivity index (χ0v) is 13.4. The van der Waals surface area contributed by atoms with Crippen LogP contribution in [0, 0.1) is 11.8 Å². The van der Waals surface area contributed by atoms with Crippen molar-refractivity contribution in [2.45, 2.75) is 24.9 Å². The molecule has 3 rings (SSSR count). The average molecular weight is 364 g/mol. The van der Waals surface area contributed by atoms with Gasteiger partial charge in [-0.2, -0.15) is 13.2 Å². The Bertz CT molecular complexity index is 650. The van der Waals surface area contributed by atoms with Gasteiger partial charge in [0.25, 0.3) is 0 Å². The lowest BCUT2D eigenvalue weighted by molar-refractivity contribution is -0.141. The van der Waals surface area contributed by atoms with Crippen molar-refractivity contribution >= 4 is 24.3 Å². The van der Waals surface area contributed by atoms with E-state index in [1.54, 1.807) is 6.07 Å². The van der Waals surface area contributed by atoms with Gasteiger partial charge in [0.05, 0.1) is 11.5 Å². The molecule has 1 aliphatic heterocycles. The second-order valence-electron chi connectivity index (χ2n) is 6.18. The van der Waals surface area contributed by atoms with Crippen molar-refractivity contribution in [1.29, 1.82) is 0 Å². The number of carbonyl (C=O) groups excluding carboxylic acids is 1. The van der Waals surface area contributed by atoms with Gasteiger partial charge in [-0.1, -0.05) is 18.2 Å². The molecule has 0 bridgehead atoms. The number of hydrogen-bond donors (Lipinski definition) is 1. The van der Waals surface area contributed by atoms with Gasteiger partial charge in [0.2, 0.25) is 5.91 Å². The summed E-state index contributed by atoms with van der Waals surface area (Å²) in [4.78, 5) is 24.8. The van der Waals surface area contributed by atoms with Crippen molar-refractivity contribution in [3.8, 4) is 0 Å². The number of halogens is 4. The molecule has 2 aliphatic rings. The van der Waals surface area contributed by atoms with Gasteiger partial charge in [0, 0.05) is 19.0 Å². The van der Waals surface area contributed by atoms with Crippen LogP contribution < -0.4 is 0 Å². The van der Waals surface area contributed by atoms with Crippen molar-refractivity contribution < 1.29 is 27.9 Å². The molecular weight excluding hydrogens is 347 g/mol. The van der Waals surface area contributed by atoms with E-state index in [2.05, 4.69) is 0 Å². The molecule has 1 heterocycles. The Labute approximate surface area is 143 Å². The van der Waals surface area contributed by atoms with Crippen LogP contribution in [0.4, 0.5) is 13.2 Å². The van der Waals surface area contributed by atoms with E-state index in [0.29, 0.717) is 24.9 Å². The third-order valence-corrected chi connectivity index (χ3v) is 4.60. The summed E-state index contributed by atoms with van der Waals surface area (Å²) >= 11 is 0. The van der Waals surface area contributed by atoms with Gasteiger partial charge in [-0.05, 0) is 30.4 Å². The molecule has 3 unspecified atom stereocenters. The number of carboxylic acids is 1. The van der Waals surface area contributed by atoms with Crippen molar-refractivity contribution in [2.24, 2.45) is 11.8 Å². The van der Waals surface area contributed by atoms with Crippen molar-refractivity contribution in [2.75, 3.05) is 13.1 Å². The van der Waals surface area contributed by atoms with Gasteiger partial charge >= 0.3 is 12.1 Å². The third kappa shape index (κ3) is 3.66. The van der Waals surface area contributed by atoms with E-state index in [1.165, 1.54) is 11.0 Å². The normalized spacial score (nSPS) is 26.0. The first-order valence-electron chi connectivity index (χ1n) is 7.46. The van der Waals surface area contributed by atoms with E-state index < -0.39 is 23.6 Å². The Morgan fingerprint density at radius 3 is 2.54 bits per heavy atom. The molecule has 0 radical (unpaired) electrons. The maximum atomic E-state index is 12.7. The van der Waals surface area contributed by atoms with Crippen molar-refractivity contribution in [3.05, 3.63) is 35.4 Å². The molecule has 3 atom stereocenters. The first-order chi connectivity index (χ1) is 10.8. The second kappa shape index (κ2) is 6.63. The predicted octanol–water partition coefficient (Wildman–Crippen LogP) is 3.16. The zero-order valence-electron chi connectivity index (χ0n) is 12.6. The molecule has 1 N–H and O–H groups in total. The number of benzene rings is 1.